The van der Waals surface area contributed by atoms with Crippen LogP contribution in [0, 0.1) is 0 Å². The van der Waals surface area contributed by atoms with Crippen LogP contribution in [-0.2, 0) is 14.9 Å². The molecular formula is C22H19ClN2O3S. The Morgan fingerprint density at radius 2 is 1.83 bits per heavy atom. The Balaban J connectivity index is 1.28. The molecule has 148 valence electrons. The minimum absolute atomic E-state index is 0.0172. The topological polar surface area (TPSA) is 68.3 Å². The molecule has 2 aromatic carbocycles. The van der Waals surface area contributed by atoms with Crippen molar-refractivity contribution in [2.24, 2.45) is 0 Å². The molecule has 3 aromatic rings. The van der Waals surface area contributed by atoms with Gasteiger partial charge in [-0.05, 0) is 30.5 Å². The Kier molecular flexibility index (Phi) is 5.65. The molecule has 1 aliphatic rings. The number of amides is 1. The summed E-state index contributed by atoms with van der Waals surface area (Å²) in [7, 11) is 0. The Morgan fingerprint density at radius 1 is 1.10 bits per heavy atom. The maximum Gasteiger partial charge on any atom is 0.358 e. The summed E-state index contributed by atoms with van der Waals surface area (Å²) >= 11 is 7.22. The highest BCUT2D eigenvalue weighted by atomic mass is 35.5. The summed E-state index contributed by atoms with van der Waals surface area (Å²) in [5.74, 6) is -0.922. The highest BCUT2D eigenvalue weighted by molar-refractivity contribution is 7.13. The van der Waals surface area contributed by atoms with E-state index in [2.05, 4.69) is 22.4 Å². The first-order valence-corrected chi connectivity index (χ1v) is 10.5. The molecule has 1 N–H and O–H groups in total. The molecule has 1 fully saturated rings. The van der Waals surface area contributed by atoms with E-state index in [0.29, 0.717) is 16.6 Å². The van der Waals surface area contributed by atoms with Crippen molar-refractivity contribution in [3.05, 3.63) is 76.3 Å². The minimum Gasteiger partial charge on any atom is -0.451 e. The van der Waals surface area contributed by atoms with Gasteiger partial charge in [0.1, 0.15) is 5.01 Å². The number of benzene rings is 2. The highest BCUT2D eigenvalue weighted by Crippen LogP contribution is 2.47. The summed E-state index contributed by atoms with van der Waals surface area (Å²) in [6, 6.07) is 17.4. The van der Waals surface area contributed by atoms with Gasteiger partial charge in [0.05, 0.1) is 0 Å². The first kappa shape index (κ1) is 19.6. The number of aromatic nitrogens is 1. The van der Waals surface area contributed by atoms with Gasteiger partial charge < -0.3 is 10.1 Å². The average Bonchev–Trinajstić information content (AvgIpc) is 3.39. The van der Waals surface area contributed by atoms with Crippen LogP contribution in [-0.4, -0.2) is 30.0 Å². The van der Waals surface area contributed by atoms with Gasteiger partial charge in [-0.25, -0.2) is 9.78 Å². The largest absolute Gasteiger partial charge is 0.451 e. The zero-order valence-electron chi connectivity index (χ0n) is 15.6. The van der Waals surface area contributed by atoms with Crippen molar-refractivity contribution >= 4 is 34.8 Å². The Hall–Kier alpha value is -2.70. The molecule has 1 aliphatic carbocycles. The molecule has 1 saturated carbocycles. The van der Waals surface area contributed by atoms with Gasteiger partial charge in [-0.3, -0.25) is 4.79 Å². The summed E-state index contributed by atoms with van der Waals surface area (Å²) < 4.78 is 5.12. The van der Waals surface area contributed by atoms with Crippen LogP contribution in [0.3, 0.4) is 0 Å². The molecule has 29 heavy (non-hydrogen) atoms. The number of hydrogen-bond acceptors (Lipinski definition) is 5. The molecule has 7 heteroatoms. The van der Waals surface area contributed by atoms with Crippen LogP contribution in [0.1, 0.15) is 28.9 Å². The average molecular weight is 427 g/mol. The zero-order valence-corrected chi connectivity index (χ0v) is 17.1. The van der Waals surface area contributed by atoms with Gasteiger partial charge >= 0.3 is 5.97 Å². The lowest BCUT2D eigenvalue weighted by Gasteiger charge is -2.16. The van der Waals surface area contributed by atoms with Gasteiger partial charge in [0, 0.05) is 27.9 Å². The second kappa shape index (κ2) is 8.35. The lowest BCUT2D eigenvalue weighted by atomic mass is 9.96. The molecular weight excluding hydrogens is 408 g/mol. The van der Waals surface area contributed by atoms with Gasteiger partial charge in [0.15, 0.2) is 12.3 Å². The number of nitrogens with zero attached hydrogens (tertiary/aromatic N) is 1. The monoisotopic (exact) mass is 426 g/mol. The fourth-order valence-electron chi connectivity index (χ4n) is 3.13. The molecule has 1 amide bonds. The van der Waals surface area contributed by atoms with E-state index in [1.54, 1.807) is 17.5 Å². The second-order valence-electron chi connectivity index (χ2n) is 7.04. The smallest absolute Gasteiger partial charge is 0.358 e. The predicted molar refractivity (Wildman–Crippen MR) is 113 cm³/mol. The number of carbonyl (C=O) groups excluding carboxylic acids is 2. The van der Waals surface area contributed by atoms with Gasteiger partial charge in [0.25, 0.3) is 5.91 Å². The van der Waals surface area contributed by atoms with E-state index in [0.717, 1.165) is 18.4 Å². The van der Waals surface area contributed by atoms with Crippen molar-refractivity contribution in [3.63, 3.8) is 0 Å². The summed E-state index contributed by atoms with van der Waals surface area (Å²) in [4.78, 5) is 28.6. The number of carbonyl (C=O) groups is 2. The van der Waals surface area contributed by atoms with Crippen LogP contribution in [0.4, 0.5) is 0 Å². The number of hydrogen-bond donors (Lipinski definition) is 1. The molecule has 0 aliphatic heterocycles. The Bertz CT molecular complexity index is 1010. The molecule has 0 unspecified atom stereocenters. The summed E-state index contributed by atoms with van der Waals surface area (Å²) in [5, 5.41) is 5.83. The molecule has 0 bridgehead atoms. The van der Waals surface area contributed by atoms with Gasteiger partial charge in [0.2, 0.25) is 0 Å². The number of halogens is 1. The second-order valence-corrected chi connectivity index (χ2v) is 8.34. The molecule has 0 atom stereocenters. The van der Waals surface area contributed by atoms with Crippen molar-refractivity contribution in [1.82, 2.24) is 10.3 Å². The van der Waals surface area contributed by atoms with Crippen LogP contribution < -0.4 is 5.32 Å². The molecule has 0 radical (unpaired) electrons. The highest BCUT2D eigenvalue weighted by Gasteiger charge is 2.44. The van der Waals surface area contributed by atoms with Crippen LogP contribution in [0.2, 0.25) is 5.02 Å². The third-order valence-corrected chi connectivity index (χ3v) is 6.15. The number of thiazole rings is 1. The van der Waals surface area contributed by atoms with Crippen LogP contribution >= 0.6 is 22.9 Å². The molecule has 1 heterocycles. The number of nitrogens with one attached hydrogen (secondary N) is 1. The maximum absolute atomic E-state index is 12.2. The first-order valence-electron chi connectivity index (χ1n) is 9.27. The maximum atomic E-state index is 12.2. The van der Waals surface area contributed by atoms with Crippen LogP contribution in [0.25, 0.3) is 10.6 Å². The first-order chi connectivity index (χ1) is 14.1. The van der Waals surface area contributed by atoms with Crippen molar-refractivity contribution in [3.8, 4) is 10.6 Å². The predicted octanol–water partition coefficient (Wildman–Crippen LogP) is 4.47. The number of rotatable bonds is 7. The van der Waals surface area contributed by atoms with Crippen molar-refractivity contribution in [2.75, 3.05) is 13.2 Å². The molecule has 4 rings (SSSR count). The van der Waals surface area contributed by atoms with Crippen LogP contribution in [0.15, 0.2) is 60.0 Å². The van der Waals surface area contributed by atoms with Crippen molar-refractivity contribution in [2.45, 2.75) is 18.3 Å². The van der Waals surface area contributed by atoms with E-state index < -0.39 is 5.97 Å². The third-order valence-electron chi connectivity index (χ3n) is 5.00. The molecule has 0 saturated heterocycles. The fourth-order valence-corrected chi connectivity index (χ4v) is 4.05. The van der Waals surface area contributed by atoms with Crippen LogP contribution in [0.5, 0.6) is 0 Å². The van der Waals surface area contributed by atoms with Crippen molar-refractivity contribution < 1.29 is 14.3 Å². The SMILES string of the molecule is O=C(COC(=O)c1csc(-c2ccc(Cl)cc2)n1)NCC1(c2ccccc2)CC1. The Labute approximate surface area is 177 Å². The van der Waals surface area contributed by atoms with E-state index in [4.69, 9.17) is 16.3 Å². The van der Waals surface area contributed by atoms with E-state index in [-0.39, 0.29) is 23.6 Å². The zero-order chi connectivity index (χ0) is 20.3. The normalized spacial score (nSPS) is 14.2. The van der Waals surface area contributed by atoms with Crippen molar-refractivity contribution in [1.29, 1.82) is 0 Å². The van der Waals surface area contributed by atoms with Gasteiger partial charge in [-0.1, -0.05) is 54.1 Å². The lowest BCUT2D eigenvalue weighted by Crippen LogP contribution is -2.35. The molecule has 5 nitrogen and oxygen atoms in total. The van der Waals surface area contributed by atoms with E-state index in [1.165, 1.54) is 16.9 Å². The molecule has 1 aromatic heterocycles. The lowest BCUT2D eigenvalue weighted by molar-refractivity contribution is -0.124. The van der Waals surface area contributed by atoms with E-state index in [1.807, 2.05) is 30.3 Å². The van der Waals surface area contributed by atoms with E-state index in [9.17, 15) is 9.59 Å². The van der Waals surface area contributed by atoms with Gasteiger partial charge in [-0.2, -0.15) is 0 Å². The summed E-state index contributed by atoms with van der Waals surface area (Å²) in [5.41, 5.74) is 2.31. The number of ether oxygens (including phenoxy) is 1. The quantitative estimate of drug-likeness (QED) is 0.566. The Morgan fingerprint density at radius 3 is 2.52 bits per heavy atom. The fraction of sp³-hybridized carbons (Fsp3) is 0.227. The van der Waals surface area contributed by atoms with E-state index >= 15 is 0 Å². The summed E-state index contributed by atoms with van der Waals surface area (Å²) in [6.45, 7) is 0.225. The molecule has 0 spiro atoms. The van der Waals surface area contributed by atoms with Gasteiger partial charge in [-0.15, -0.1) is 11.3 Å². The minimum atomic E-state index is -0.610. The standard InChI is InChI=1S/C22H19ClN2O3S/c23-17-8-6-15(7-9-17)20-25-18(13-29-20)21(27)28-12-19(26)24-14-22(10-11-22)16-4-2-1-3-5-16/h1-9,13H,10-12,14H2,(H,24,26). The number of esters is 1. The summed E-state index contributed by atoms with van der Waals surface area (Å²) in [6.07, 6.45) is 2.09. The third kappa shape index (κ3) is 4.66.